The molecule has 1 heterocycles. The van der Waals surface area contributed by atoms with Crippen molar-refractivity contribution >= 4 is 11.3 Å². The number of aliphatic hydroxyl groups is 1. The minimum Gasteiger partial charge on any atom is -0.385 e. The summed E-state index contributed by atoms with van der Waals surface area (Å²) in [4.78, 5) is 1.34. The first-order valence-corrected chi connectivity index (χ1v) is 6.51. The van der Waals surface area contributed by atoms with E-state index in [9.17, 15) is 5.11 Å². The van der Waals surface area contributed by atoms with Gasteiger partial charge in [-0.15, -0.1) is 11.3 Å². The lowest BCUT2D eigenvalue weighted by atomic mass is 10.2. The van der Waals surface area contributed by atoms with Crippen LogP contribution in [0.3, 0.4) is 0 Å². The van der Waals surface area contributed by atoms with Crippen molar-refractivity contribution in [1.29, 1.82) is 0 Å². The summed E-state index contributed by atoms with van der Waals surface area (Å²) in [6.07, 6.45) is -0.390. The van der Waals surface area contributed by atoms with Gasteiger partial charge in [-0.2, -0.15) is 0 Å². The van der Waals surface area contributed by atoms with Crippen LogP contribution < -0.4 is 5.32 Å². The monoisotopic (exact) mass is 244 g/mol. The van der Waals surface area contributed by atoms with Crippen LogP contribution in [0.1, 0.15) is 25.6 Å². The summed E-state index contributed by atoms with van der Waals surface area (Å²) in [6.45, 7) is 8.02. The Bertz CT molecular complexity index is 280. The predicted octanol–water partition coefficient (Wildman–Crippen LogP) is 0.988. The van der Waals surface area contributed by atoms with E-state index in [2.05, 4.69) is 16.8 Å². The lowest BCUT2D eigenvalue weighted by molar-refractivity contribution is -0.676. The molecule has 0 fully saturated rings. The van der Waals surface area contributed by atoms with Gasteiger partial charge in [-0.25, -0.2) is 0 Å². The Morgan fingerprint density at radius 3 is 2.81 bits per heavy atom. The topological polar surface area (TPSA) is 46.1 Å². The molecular formula is C12H22NO2S+. The van der Waals surface area contributed by atoms with Crippen LogP contribution in [0.2, 0.25) is 0 Å². The van der Waals surface area contributed by atoms with E-state index in [1.54, 1.807) is 11.3 Å². The van der Waals surface area contributed by atoms with Gasteiger partial charge in [-0.1, -0.05) is 6.07 Å². The van der Waals surface area contributed by atoms with Crippen molar-refractivity contribution in [3.05, 3.63) is 22.4 Å². The molecule has 0 aliphatic heterocycles. The van der Waals surface area contributed by atoms with Gasteiger partial charge in [0, 0.05) is 0 Å². The van der Waals surface area contributed by atoms with Gasteiger partial charge in [0.25, 0.3) is 0 Å². The van der Waals surface area contributed by atoms with E-state index >= 15 is 0 Å². The summed E-state index contributed by atoms with van der Waals surface area (Å²) in [5.41, 5.74) is -0.172. The highest BCUT2D eigenvalue weighted by molar-refractivity contribution is 7.09. The van der Waals surface area contributed by atoms with Crippen LogP contribution in [0.5, 0.6) is 0 Å². The Kier molecular flexibility index (Phi) is 5.41. The van der Waals surface area contributed by atoms with Crippen molar-refractivity contribution in [1.82, 2.24) is 0 Å². The zero-order valence-electron chi connectivity index (χ0n) is 10.3. The van der Waals surface area contributed by atoms with E-state index < -0.39 is 0 Å². The van der Waals surface area contributed by atoms with Gasteiger partial charge in [-0.3, -0.25) is 0 Å². The third-order valence-corrected chi connectivity index (χ3v) is 2.97. The van der Waals surface area contributed by atoms with Crippen molar-refractivity contribution in [3.8, 4) is 0 Å². The second-order valence-corrected chi connectivity index (χ2v) is 5.92. The SMILES string of the molecule is CC(C)(C)OC[C@H](O)C[NH2+]Cc1cccs1. The van der Waals surface area contributed by atoms with E-state index in [0.29, 0.717) is 13.2 Å². The highest BCUT2D eigenvalue weighted by Gasteiger charge is 2.14. The Labute approximate surface area is 101 Å². The molecule has 1 aromatic heterocycles. The van der Waals surface area contributed by atoms with Crippen LogP contribution in [0, 0.1) is 0 Å². The summed E-state index contributed by atoms with van der Waals surface area (Å²) in [5.74, 6) is 0. The fraction of sp³-hybridized carbons (Fsp3) is 0.667. The van der Waals surface area contributed by atoms with Crippen LogP contribution in [0.25, 0.3) is 0 Å². The van der Waals surface area contributed by atoms with Gasteiger partial charge in [0.15, 0.2) is 0 Å². The van der Waals surface area contributed by atoms with Crippen LogP contribution in [0.4, 0.5) is 0 Å². The average molecular weight is 244 g/mol. The van der Waals surface area contributed by atoms with E-state index in [0.717, 1.165) is 6.54 Å². The number of aliphatic hydroxyl groups excluding tert-OH is 1. The molecule has 1 rings (SSSR count). The Morgan fingerprint density at radius 1 is 1.50 bits per heavy atom. The first-order valence-electron chi connectivity index (χ1n) is 5.63. The molecule has 0 aliphatic rings. The number of nitrogens with two attached hydrogens (primary N) is 1. The van der Waals surface area contributed by atoms with E-state index in [-0.39, 0.29) is 11.7 Å². The molecule has 1 atom stereocenters. The molecule has 0 bridgehead atoms. The molecule has 0 saturated heterocycles. The smallest absolute Gasteiger partial charge is 0.126 e. The summed E-state index contributed by atoms with van der Waals surface area (Å²) in [7, 11) is 0. The van der Waals surface area contributed by atoms with Crippen molar-refractivity contribution in [2.45, 2.75) is 39.0 Å². The molecule has 0 radical (unpaired) electrons. The molecule has 0 saturated carbocycles. The minimum absolute atomic E-state index is 0.172. The zero-order valence-corrected chi connectivity index (χ0v) is 11.1. The van der Waals surface area contributed by atoms with Gasteiger partial charge >= 0.3 is 0 Å². The Balaban J connectivity index is 2.09. The van der Waals surface area contributed by atoms with Crippen LogP contribution in [0.15, 0.2) is 17.5 Å². The fourth-order valence-corrected chi connectivity index (χ4v) is 1.96. The first kappa shape index (κ1) is 13.6. The quantitative estimate of drug-likeness (QED) is 0.784. The average Bonchev–Trinajstić information content (AvgIpc) is 2.66. The molecule has 0 aliphatic carbocycles. The third kappa shape index (κ3) is 6.23. The van der Waals surface area contributed by atoms with Crippen LogP contribution in [-0.2, 0) is 11.3 Å². The van der Waals surface area contributed by atoms with Crippen molar-refractivity contribution < 1.29 is 15.2 Å². The largest absolute Gasteiger partial charge is 0.385 e. The van der Waals surface area contributed by atoms with E-state index in [4.69, 9.17) is 4.74 Å². The zero-order chi connectivity index (χ0) is 12.0. The summed E-state index contributed by atoms with van der Waals surface area (Å²) in [5, 5.41) is 13.9. The van der Waals surface area contributed by atoms with E-state index in [1.807, 2.05) is 26.8 Å². The molecule has 0 aromatic carbocycles. The number of hydrogen-bond acceptors (Lipinski definition) is 3. The van der Waals surface area contributed by atoms with Crippen LogP contribution >= 0.6 is 11.3 Å². The second kappa shape index (κ2) is 6.35. The van der Waals surface area contributed by atoms with Gasteiger partial charge in [-0.05, 0) is 32.2 Å². The molecule has 92 valence electrons. The Hall–Kier alpha value is -0.420. The number of hydrogen-bond donors (Lipinski definition) is 2. The minimum atomic E-state index is -0.390. The number of quaternary nitrogens is 1. The molecule has 1 aromatic rings. The van der Waals surface area contributed by atoms with Gasteiger partial charge in [0.05, 0.1) is 17.1 Å². The van der Waals surface area contributed by atoms with Gasteiger partial charge < -0.3 is 15.2 Å². The normalized spacial score (nSPS) is 14.0. The van der Waals surface area contributed by atoms with Crippen LogP contribution in [-0.4, -0.2) is 30.0 Å². The lowest BCUT2D eigenvalue weighted by Gasteiger charge is -2.21. The molecule has 0 amide bonds. The summed E-state index contributed by atoms with van der Waals surface area (Å²) < 4.78 is 5.51. The highest BCUT2D eigenvalue weighted by Crippen LogP contribution is 2.07. The molecule has 4 heteroatoms. The third-order valence-electron chi connectivity index (χ3n) is 2.07. The Morgan fingerprint density at radius 2 is 2.25 bits per heavy atom. The molecule has 0 spiro atoms. The summed E-state index contributed by atoms with van der Waals surface area (Å²) >= 11 is 1.75. The number of ether oxygens (including phenoxy) is 1. The summed E-state index contributed by atoms with van der Waals surface area (Å²) in [6, 6.07) is 4.16. The number of thiophene rings is 1. The van der Waals surface area contributed by atoms with Crippen molar-refractivity contribution in [2.75, 3.05) is 13.2 Å². The first-order chi connectivity index (χ1) is 7.47. The lowest BCUT2D eigenvalue weighted by Crippen LogP contribution is -2.85. The van der Waals surface area contributed by atoms with E-state index in [1.165, 1.54) is 4.88 Å². The second-order valence-electron chi connectivity index (χ2n) is 4.89. The molecule has 3 N–H and O–H groups in total. The molecule has 16 heavy (non-hydrogen) atoms. The molecule has 0 unspecified atom stereocenters. The molecular weight excluding hydrogens is 222 g/mol. The van der Waals surface area contributed by atoms with Crippen molar-refractivity contribution in [3.63, 3.8) is 0 Å². The molecule has 3 nitrogen and oxygen atoms in total. The number of rotatable bonds is 6. The maximum atomic E-state index is 9.69. The van der Waals surface area contributed by atoms with Crippen molar-refractivity contribution in [2.24, 2.45) is 0 Å². The van der Waals surface area contributed by atoms with Gasteiger partial charge in [0.1, 0.15) is 19.2 Å². The maximum absolute atomic E-state index is 9.69. The fourth-order valence-electron chi connectivity index (χ4n) is 1.26. The van der Waals surface area contributed by atoms with Gasteiger partial charge in [0.2, 0.25) is 0 Å². The standard InChI is InChI=1S/C12H21NO2S/c1-12(2,3)15-9-10(14)7-13-8-11-5-4-6-16-11/h4-6,10,13-14H,7-9H2,1-3H3/p+1/t10-/m1/s1. The highest BCUT2D eigenvalue weighted by atomic mass is 32.1. The maximum Gasteiger partial charge on any atom is 0.126 e. The predicted molar refractivity (Wildman–Crippen MR) is 66.5 cm³/mol.